The lowest BCUT2D eigenvalue weighted by molar-refractivity contribution is -0.143. The predicted octanol–water partition coefficient (Wildman–Crippen LogP) is 2.99. The first-order valence-electron chi connectivity index (χ1n) is 9.06. The van der Waals surface area contributed by atoms with E-state index in [0.29, 0.717) is 30.4 Å². The SMILES string of the molecule is CC(=O)Nc1cccc(NC(=O)C(=O)N2CCC(c3ccccc3)CC2)c1. The second-order valence-electron chi connectivity index (χ2n) is 6.69. The van der Waals surface area contributed by atoms with Gasteiger partial charge in [0, 0.05) is 31.4 Å². The largest absolute Gasteiger partial charge is 0.334 e. The molecule has 1 aliphatic heterocycles. The molecule has 6 heteroatoms. The maximum absolute atomic E-state index is 12.5. The summed E-state index contributed by atoms with van der Waals surface area (Å²) in [5, 5.41) is 5.26. The number of carbonyl (C=O) groups excluding carboxylic acids is 3. The molecule has 1 fully saturated rings. The van der Waals surface area contributed by atoms with Crippen LogP contribution in [0.5, 0.6) is 0 Å². The standard InChI is InChI=1S/C21H23N3O3/c1-15(25)22-18-8-5-9-19(14-18)23-20(26)21(27)24-12-10-17(11-13-24)16-6-3-2-4-7-16/h2-9,14,17H,10-13H2,1H3,(H,22,25)(H,23,26). The van der Waals surface area contributed by atoms with E-state index >= 15 is 0 Å². The van der Waals surface area contributed by atoms with Crippen molar-refractivity contribution >= 4 is 29.1 Å². The van der Waals surface area contributed by atoms with Crippen LogP contribution in [0.15, 0.2) is 54.6 Å². The van der Waals surface area contributed by atoms with Crippen LogP contribution >= 0.6 is 0 Å². The molecule has 1 saturated heterocycles. The molecule has 3 rings (SSSR count). The fraction of sp³-hybridized carbons (Fsp3) is 0.286. The Bertz CT molecular complexity index is 828. The number of likely N-dealkylation sites (tertiary alicyclic amines) is 1. The third-order valence-corrected chi connectivity index (χ3v) is 4.69. The Hall–Kier alpha value is -3.15. The molecule has 140 valence electrons. The Morgan fingerprint density at radius 3 is 2.15 bits per heavy atom. The van der Waals surface area contributed by atoms with Crippen LogP contribution in [0.3, 0.4) is 0 Å². The zero-order chi connectivity index (χ0) is 19.2. The maximum atomic E-state index is 12.5. The molecule has 3 amide bonds. The minimum Gasteiger partial charge on any atom is -0.334 e. The topological polar surface area (TPSA) is 78.5 Å². The van der Waals surface area contributed by atoms with Crippen molar-refractivity contribution in [2.75, 3.05) is 23.7 Å². The highest BCUT2D eigenvalue weighted by atomic mass is 16.2. The first kappa shape index (κ1) is 18.6. The Labute approximate surface area is 158 Å². The van der Waals surface area contributed by atoms with Gasteiger partial charge in [-0.25, -0.2) is 0 Å². The van der Waals surface area contributed by atoms with E-state index in [1.54, 1.807) is 29.2 Å². The summed E-state index contributed by atoms with van der Waals surface area (Å²) in [4.78, 5) is 37.5. The summed E-state index contributed by atoms with van der Waals surface area (Å²) in [7, 11) is 0. The number of benzene rings is 2. The molecule has 0 unspecified atom stereocenters. The Kier molecular flexibility index (Phi) is 5.86. The average Bonchev–Trinajstić information content (AvgIpc) is 2.68. The Morgan fingerprint density at radius 1 is 0.889 bits per heavy atom. The van der Waals surface area contributed by atoms with E-state index in [2.05, 4.69) is 22.8 Å². The number of hydrogen-bond donors (Lipinski definition) is 2. The van der Waals surface area contributed by atoms with Gasteiger partial charge >= 0.3 is 11.8 Å². The minimum atomic E-state index is -0.659. The van der Waals surface area contributed by atoms with Gasteiger partial charge in [0.2, 0.25) is 5.91 Å². The summed E-state index contributed by atoms with van der Waals surface area (Å²) in [6.45, 7) is 2.54. The molecule has 0 aliphatic carbocycles. The monoisotopic (exact) mass is 365 g/mol. The Morgan fingerprint density at radius 2 is 1.52 bits per heavy atom. The third kappa shape index (κ3) is 4.94. The molecule has 0 bridgehead atoms. The number of amides is 3. The number of nitrogens with zero attached hydrogens (tertiary/aromatic N) is 1. The Balaban J connectivity index is 1.55. The zero-order valence-electron chi connectivity index (χ0n) is 15.3. The number of anilines is 2. The molecule has 0 aromatic heterocycles. The van der Waals surface area contributed by atoms with Crippen LogP contribution in [0.25, 0.3) is 0 Å². The van der Waals surface area contributed by atoms with Gasteiger partial charge in [-0.05, 0) is 42.5 Å². The van der Waals surface area contributed by atoms with Crippen molar-refractivity contribution in [2.24, 2.45) is 0 Å². The van der Waals surface area contributed by atoms with E-state index in [1.165, 1.54) is 12.5 Å². The van der Waals surface area contributed by atoms with E-state index in [9.17, 15) is 14.4 Å². The van der Waals surface area contributed by atoms with Crippen LogP contribution in [0, 0.1) is 0 Å². The highest BCUT2D eigenvalue weighted by Gasteiger charge is 2.27. The van der Waals surface area contributed by atoms with Gasteiger partial charge in [-0.1, -0.05) is 36.4 Å². The van der Waals surface area contributed by atoms with E-state index in [-0.39, 0.29) is 5.91 Å². The molecule has 27 heavy (non-hydrogen) atoms. The second-order valence-corrected chi connectivity index (χ2v) is 6.69. The average molecular weight is 365 g/mol. The van der Waals surface area contributed by atoms with E-state index in [0.717, 1.165) is 12.8 Å². The molecule has 2 N–H and O–H groups in total. The van der Waals surface area contributed by atoms with Crippen molar-refractivity contribution in [3.63, 3.8) is 0 Å². The van der Waals surface area contributed by atoms with Crippen LogP contribution in [0.2, 0.25) is 0 Å². The van der Waals surface area contributed by atoms with Gasteiger partial charge in [0.15, 0.2) is 0 Å². The predicted molar refractivity (Wildman–Crippen MR) is 104 cm³/mol. The molecule has 0 atom stereocenters. The molecule has 1 heterocycles. The van der Waals surface area contributed by atoms with Crippen molar-refractivity contribution < 1.29 is 14.4 Å². The van der Waals surface area contributed by atoms with Gasteiger partial charge < -0.3 is 15.5 Å². The minimum absolute atomic E-state index is 0.198. The fourth-order valence-corrected chi connectivity index (χ4v) is 3.35. The van der Waals surface area contributed by atoms with Crippen LogP contribution in [-0.2, 0) is 14.4 Å². The molecule has 0 spiro atoms. The summed E-state index contributed by atoms with van der Waals surface area (Å²) in [6, 6.07) is 17.0. The molecule has 6 nitrogen and oxygen atoms in total. The van der Waals surface area contributed by atoms with Gasteiger partial charge in [0.25, 0.3) is 0 Å². The molecule has 0 radical (unpaired) electrons. The molecule has 0 saturated carbocycles. The van der Waals surface area contributed by atoms with Gasteiger partial charge in [0.1, 0.15) is 0 Å². The fourth-order valence-electron chi connectivity index (χ4n) is 3.35. The van der Waals surface area contributed by atoms with Crippen LogP contribution in [0.1, 0.15) is 31.2 Å². The van der Waals surface area contributed by atoms with E-state index < -0.39 is 11.8 Å². The van der Waals surface area contributed by atoms with Crippen molar-refractivity contribution in [1.82, 2.24) is 4.90 Å². The highest BCUT2D eigenvalue weighted by Crippen LogP contribution is 2.27. The number of piperidine rings is 1. The van der Waals surface area contributed by atoms with Gasteiger partial charge in [-0.3, -0.25) is 14.4 Å². The lowest BCUT2D eigenvalue weighted by atomic mass is 9.89. The quantitative estimate of drug-likeness (QED) is 0.821. The molecular weight excluding hydrogens is 342 g/mol. The zero-order valence-corrected chi connectivity index (χ0v) is 15.3. The van der Waals surface area contributed by atoms with Crippen molar-refractivity contribution in [2.45, 2.75) is 25.7 Å². The van der Waals surface area contributed by atoms with E-state index in [1.807, 2.05) is 18.2 Å². The summed E-state index contributed by atoms with van der Waals surface area (Å²) < 4.78 is 0. The van der Waals surface area contributed by atoms with Crippen molar-refractivity contribution in [3.8, 4) is 0 Å². The van der Waals surface area contributed by atoms with Crippen molar-refractivity contribution in [1.29, 1.82) is 0 Å². The summed E-state index contributed by atoms with van der Waals surface area (Å²) in [6.07, 6.45) is 1.70. The van der Waals surface area contributed by atoms with Gasteiger partial charge in [-0.15, -0.1) is 0 Å². The van der Waals surface area contributed by atoms with Crippen LogP contribution in [-0.4, -0.2) is 35.7 Å². The number of rotatable bonds is 3. The second kappa shape index (κ2) is 8.49. The highest BCUT2D eigenvalue weighted by molar-refractivity contribution is 6.39. The first-order valence-corrected chi connectivity index (χ1v) is 9.06. The van der Waals surface area contributed by atoms with Crippen LogP contribution in [0.4, 0.5) is 11.4 Å². The lowest BCUT2D eigenvalue weighted by Crippen LogP contribution is -2.43. The number of hydrogen-bond acceptors (Lipinski definition) is 3. The van der Waals surface area contributed by atoms with Gasteiger partial charge in [0.05, 0.1) is 0 Å². The third-order valence-electron chi connectivity index (χ3n) is 4.69. The van der Waals surface area contributed by atoms with E-state index in [4.69, 9.17) is 0 Å². The van der Waals surface area contributed by atoms with Crippen LogP contribution < -0.4 is 10.6 Å². The van der Waals surface area contributed by atoms with Gasteiger partial charge in [-0.2, -0.15) is 0 Å². The van der Waals surface area contributed by atoms with Crippen molar-refractivity contribution in [3.05, 3.63) is 60.2 Å². The first-order chi connectivity index (χ1) is 13.0. The summed E-state index contributed by atoms with van der Waals surface area (Å²) in [5.74, 6) is -0.955. The molecule has 2 aromatic carbocycles. The molecular formula is C21H23N3O3. The number of nitrogens with one attached hydrogen (secondary N) is 2. The maximum Gasteiger partial charge on any atom is 0.313 e. The summed E-state index contributed by atoms with van der Waals surface area (Å²) in [5.41, 5.74) is 2.32. The normalized spacial score (nSPS) is 14.5. The lowest BCUT2D eigenvalue weighted by Gasteiger charge is -2.31. The summed E-state index contributed by atoms with van der Waals surface area (Å²) >= 11 is 0. The molecule has 2 aromatic rings. The smallest absolute Gasteiger partial charge is 0.313 e. The number of carbonyl (C=O) groups is 3. The molecule has 1 aliphatic rings.